The van der Waals surface area contributed by atoms with E-state index >= 15 is 0 Å². The highest BCUT2D eigenvalue weighted by Crippen LogP contribution is 2.23. The summed E-state index contributed by atoms with van der Waals surface area (Å²) in [5.74, 6) is 0.342. The van der Waals surface area contributed by atoms with Gasteiger partial charge in [0.1, 0.15) is 0 Å². The van der Waals surface area contributed by atoms with Gasteiger partial charge in [0, 0.05) is 44.2 Å². The largest absolute Gasteiger partial charge is 0.378 e. The molecule has 29 heavy (non-hydrogen) atoms. The second-order valence-corrected chi connectivity index (χ2v) is 7.78. The van der Waals surface area contributed by atoms with Gasteiger partial charge in [-0.15, -0.1) is 0 Å². The van der Waals surface area contributed by atoms with Crippen LogP contribution in [-0.2, 0) is 11.3 Å². The molecule has 0 saturated heterocycles. The molecule has 0 aliphatic heterocycles. The molecule has 0 aromatic heterocycles. The average Bonchev–Trinajstić information content (AvgIpc) is 2.72. The van der Waals surface area contributed by atoms with Crippen LogP contribution in [0.1, 0.15) is 33.3 Å². The van der Waals surface area contributed by atoms with Crippen molar-refractivity contribution in [3.63, 3.8) is 0 Å². The summed E-state index contributed by atoms with van der Waals surface area (Å²) in [6.07, 6.45) is 3.64. The van der Waals surface area contributed by atoms with Gasteiger partial charge in [-0.25, -0.2) is 0 Å². The Bertz CT molecular complexity index is 788. The van der Waals surface area contributed by atoms with E-state index in [1.165, 1.54) is 5.69 Å². The van der Waals surface area contributed by atoms with E-state index in [9.17, 15) is 4.79 Å². The first-order valence-corrected chi connectivity index (χ1v) is 10.5. The van der Waals surface area contributed by atoms with Crippen molar-refractivity contribution < 1.29 is 4.79 Å². The van der Waals surface area contributed by atoms with Crippen molar-refractivity contribution in [2.24, 2.45) is 5.92 Å². The molecular formula is C25H35N3O. The highest BCUT2D eigenvalue weighted by Gasteiger charge is 2.15. The average molecular weight is 394 g/mol. The van der Waals surface area contributed by atoms with E-state index in [2.05, 4.69) is 61.8 Å². The maximum absolute atomic E-state index is 13.0. The van der Waals surface area contributed by atoms with Gasteiger partial charge in [0.05, 0.1) is 6.54 Å². The predicted octanol–water partition coefficient (Wildman–Crippen LogP) is 5.34. The normalized spacial score (nSPS) is 11.1. The van der Waals surface area contributed by atoms with E-state index < -0.39 is 0 Å². The number of amides is 1. The lowest BCUT2D eigenvalue weighted by Crippen LogP contribution is -2.29. The van der Waals surface area contributed by atoms with Crippen molar-refractivity contribution in [2.45, 2.75) is 34.2 Å². The second kappa shape index (κ2) is 10.7. The smallest absolute Gasteiger partial charge is 0.250 e. The van der Waals surface area contributed by atoms with Crippen molar-refractivity contribution in [1.29, 1.82) is 0 Å². The Labute approximate surface area is 176 Å². The summed E-state index contributed by atoms with van der Waals surface area (Å²) in [5.41, 5.74) is 4.35. The van der Waals surface area contributed by atoms with Crippen molar-refractivity contribution in [3.8, 4) is 0 Å². The third-order valence-electron chi connectivity index (χ3n) is 4.97. The number of hydrogen-bond acceptors (Lipinski definition) is 3. The first kappa shape index (κ1) is 22.5. The van der Waals surface area contributed by atoms with Gasteiger partial charge in [-0.05, 0) is 67.8 Å². The van der Waals surface area contributed by atoms with Crippen molar-refractivity contribution in [3.05, 3.63) is 66.2 Å². The van der Waals surface area contributed by atoms with Crippen LogP contribution in [0.15, 0.2) is 60.7 Å². The molecule has 0 atom stereocenters. The number of carbonyl (C=O) groups excluding carboxylic acids is 1. The summed E-state index contributed by atoms with van der Waals surface area (Å²) in [6.45, 7) is 11.0. The van der Waals surface area contributed by atoms with Gasteiger partial charge < -0.3 is 14.7 Å². The fraction of sp³-hybridized carbons (Fsp3) is 0.400. The molecule has 2 aromatic rings. The van der Waals surface area contributed by atoms with Crippen LogP contribution in [-0.4, -0.2) is 33.1 Å². The Hall–Kier alpha value is -2.75. The first-order valence-electron chi connectivity index (χ1n) is 10.5. The van der Waals surface area contributed by atoms with E-state index in [4.69, 9.17) is 0 Å². The Morgan fingerprint density at radius 1 is 0.862 bits per heavy atom. The van der Waals surface area contributed by atoms with Crippen LogP contribution in [0.5, 0.6) is 0 Å². The fourth-order valence-electron chi connectivity index (χ4n) is 3.18. The molecule has 0 aliphatic carbocycles. The Morgan fingerprint density at radius 3 is 1.86 bits per heavy atom. The summed E-state index contributed by atoms with van der Waals surface area (Å²) in [7, 11) is 4.03. The lowest BCUT2D eigenvalue weighted by atomic mass is 10.1. The fourth-order valence-corrected chi connectivity index (χ4v) is 3.18. The summed E-state index contributed by atoms with van der Waals surface area (Å²) in [4.78, 5) is 19.2. The third kappa shape index (κ3) is 6.38. The molecule has 0 N–H and O–H groups in total. The van der Waals surface area contributed by atoms with Crippen LogP contribution in [0.25, 0.3) is 0 Å². The minimum atomic E-state index is 0.00382. The summed E-state index contributed by atoms with van der Waals surface area (Å²) in [6, 6.07) is 16.6. The van der Waals surface area contributed by atoms with Gasteiger partial charge in [-0.2, -0.15) is 0 Å². The lowest BCUT2D eigenvalue weighted by Gasteiger charge is -2.24. The Morgan fingerprint density at radius 2 is 1.38 bits per heavy atom. The monoisotopic (exact) mass is 393 g/mol. The van der Waals surface area contributed by atoms with Crippen LogP contribution >= 0.6 is 0 Å². The third-order valence-corrected chi connectivity index (χ3v) is 4.97. The van der Waals surface area contributed by atoms with Gasteiger partial charge in [0.2, 0.25) is 0 Å². The molecule has 0 fully saturated rings. The molecule has 1 amide bonds. The molecule has 156 valence electrons. The SMILES string of the molecule is CCN(CC)c1ccc(CN(C(=O)/C=C/C(C)C)c2ccc(N(C)C)cc2)cc1. The zero-order valence-corrected chi connectivity index (χ0v) is 18.7. The topological polar surface area (TPSA) is 26.8 Å². The van der Waals surface area contributed by atoms with Gasteiger partial charge in [0.25, 0.3) is 5.91 Å². The zero-order valence-electron chi connectivity index (χ0n) is 18.7. The van der Waals surface area contributed by atoms with Crippen LogP contribution < -0.4 is 14.7 Å². The van der Waals surface area contributed by atoms with Gasteiger partial charge in [-0.1, -0.05) is 32.1 Å². The second-order valence-electron chi connectivity index (χ2n) is 7.78. The van der Waals surface area contributed by atoms with Gasteiger partial charge in [-0.3, -0.25) is 4.79 Å². The van der Waals surface area contributed by atoms with E-state index in [0.717, 1.165) is 30.0 Å². The van der Waals surface area contributed by atoms with E-state index in [0.29, 0.717) is 12.5 Å². The standard InChI is InChI=1S/C25H35N3O/c1-7-27(8-2)23-12-10-21(11-13-23)19-28(25(29)18-9-20(3)4)24-16-14-22(15-17-24)26(5)6/h9-18,20H,7-8,19H2,1-6H3/b18-9+. The summed E-state index contributed by atoms with van der Waals surface area (Å²) in [5, 5.41) is 0. The molecule has 0 spiro atoms. The predicted molar refractivity (Wildman–Crippen MR) is 126 cm³/mol. The molecule has 2 aromatic carbocycles. The number of hydrogen-bond donors (Lipinski definition) is 0. The minimum Gasteiger partial charge on any atom is -0.378 e. The van der Waals surface area contributed by atoms with Gasteiger partial charge in [0.15, 0.2) is 0 Å². The molecule has 4 nitrogen and oxygen atoms in total. The molecule has 0 heterocycles. The van der Waals surface area contributed by atoms with Crippen molar-refractivity contribution in [1.82, 2.24) is 0 Å². The quantitative estimate of drug-likeness (QED) is 0.538. The van der Waals surface area contributed by atoms with Crippen LogP contribution in [0.4, 0.5) is 17.1 Å². The molecule has 4 heteroatoms. The van der Waals surface area contributed by atoms with E-state index in [-0.39, 0.29) is 5.91 Å². The molecule has 0 unspecified atom stereocenters. The number of benzene rings is 2. The van der Waals surface area contributed by atoms with Crippen LogP contribution in [0.3, 0.4) is 0 Å². The van der Waals surface area contributed by atoms with Crippen molar-refractivity contribution in [2.75, 3.05) is 41.9 Å². The maximum Gasteiger partial charge on any atom is 0.250 e. The lowest BCUT2D eigenvalue weighted by molar-refractivity contribution is -0.114. The van der Waals surface area contributed by atoms with E-state index in [1.807, 2.05) is 49.3 Å². The maximum atomic E-state index is 13.0. The zero-order chi connectivity index (χ0) is 21.4. The van der Waals surface area contributed by atoms with Gasteiger partial charge >= 0.3 is 0 Å². The summed E-state index contributed by atoms with van der Waals surface area (Å²) < 4.78 is 0. The first-order chi connectivity index (χ1) is 13.8. The Kier molecular flexibility index (Phi) is 8.32. The molecule has 2 rings (SSSR count). The molecule has 0 aliphatic rings. The Balaban J connectivity index is 2.28. The summed E-state index contributed by atoms with van der Waals surface area (Å²) >= 11 is 0. The minimum absolute atomic E-state index is 0.00382. The number of anilines is 3. The molecule has 0 saturated carbocycles. The molecule has 0 radical (unpaired) electrons. The highest BCUT2D eigenvalue weighted by molar-refractivity contribution is 6.01. The molecule has 0 bridgehead atoms. The number of nitrogens with zero attached hydrogens (tertiary/aromatic N) is 3. The van der Waals surface area contributed by atoms with Crippen LogP contribution in [0, 0.1) is 5.92 Å². The highest BCUT2D eigenvalue weighted by atomic mass is 16.2. The van der Waals surface area contributed by atoms with Crippen LogP contribution in [0.2, 0.25) is 0 Å². The van der Waals surface area contributed by atoms with Crippen molar-refractivity contribution >= 4 is 23.0 Å². The van der Waals surface area contributed by atoms with E-state index in [1.54, 1.807) is 6.08 Å². The number of carbonyl (C=O) groups is 1. The number of allylic oxidation sites excluding steroid dienone is 1. The molecular weight excluding hydrogens is 358 g/mol. The number of rotatable bonds is 9.